The highest BCUT2D eigenvalue weighted by Gasteiger charge is 2.30. The molecule has 8 nitrogen and oxygen atoms in total. The highest BCUT2D eigenvalue weighted by Crippen LogP contribution is 2.34. The second-order valence-corrected chi connectivity index (χ2v) is 6.44. The van der Waals surface area contributed by atoms with E-state index in [1.54, 1.807) is 7.05 Å². The molecule has 140 valence electrons. The fraction of sp³-hybridized carbons (Fsp3) is 0.500. The summed E-state index contributed by atoms with van der Waals surface area (Å²) in [5.74, 6) is 1.15. The fourth-order valence-electron chi connectivity index (χ4n) is 3.00. The van der Waals surface area contributed by atoms with Crippen molar-refractivity contribution in [3.63, 3.8) is 0 Å². The molecule has 0 bridgehead atoms. The number of rotatable bonds is 7. The Labute approximate surface area is 152 Å². The summed E-state index contributed by atoms with van der Waals surface area (Å²) < 4.78 is 5.86. The highest BCUT2D eigenvalue weighted by molar-refractivity contribution is 6.05. The summed E-state index contributed by atoms with van der Waals surface area (Å²) in [5, 5.41) is 12.4. The van der Waals surface area contributed by atoms with Crippen molar-refractivity contribution in [1.29, 1.82) is 0 Å². The SMILES string of the molecule is CCC(O)N(C)C(=O)CCCOc1cccc2c1CN1CC(=O)NC1=N2. The highest BCUT2D eigenvalue weighted by atomic mass is 16.5. The van der Waals surface area contributed by atoms with Crippen LogP contribution >= 0.6 is 0 Å². The Hall–Kier alpha value is -2.61. The van der Waals surface area contributed by atoms with Crippen molar-refractivity contribution in [2.45, 2.75) is 39.0 Å². The van der Waals surface area contributed by atoms with Crippen LogP contribution in [-0.2, 0) is 16.1 Å². The first-order chi connectivity index (χ1) is 12.5. The van der Waals surface area contributed by atoms with Gasteiger partial charge in [0.15, 0.2) is 0 Å². The van der Waals surface area contributed by atoms with Gasteiger partial charge in [-0.2, -0.15) is 0 Å². The molecule has 0 spiro atoms. The normalized spacial score (nSPS) is 16.3. The van der Waals surface area contributed by atoms with E-state index >= 15 is 0 Å². The lowest BCUT2D eigenvalue weighted by Crippen LogP contribution is -2.36. The van der Waals surface area contributed by atoms with Gasteiger partial charge in [-0.25, -0.2) is 4.99 Å². The average Bonchev–Trinajstić information content (AvgIpc) is 3.00. The predicted octanol–water partition coefficient (Wildman–Crippen LogP) is 0.965. The Morgan fingerprint density at radius 1 is 1.46 bits per heavy atom. The first kappa shape index (κ1) is 18.2. The maximum absolute atomic E-state index is 12.0. The number of carbonyl (C=O) groups is 2. The molecule has 2 N–H and O–H groups in total. The minimum absolute atomic E-state index is 0.0593. The number of fused-ring (bicyclic) bond motifs is 2. The van der Waals surface area contributed by atoms with Gasteiger partial charge in [-0.3, -0.25) is 14.9 Å². The molecule has 1 atom stereocenters. The molecule has 2 aliphatic rings. The van der Waals surface area contributed by atoms with E-state index in [1.807, 2.05) is 30.0 Å². The molecule has 8 heteroatoms. The van der Waals surface area contributed by atoms with E-state index in [2.05, 4.69) is 10.3 Å². The van der Waals surface area contributed by atoms with Gasteiger partial charge in [-0.15, -0.1) is 0 Å². The quantitative estimate of drug-likeness (QED) is 0.558. The lowest BCUT2D eigenvalue weighted by atomic mass is 10.1. The number of hydrogen-bond acceptors (Lipinski definition) is 6. The Balaban J connectivity index is 1.56. The van der Waals surface area contributed by atoms with Crippen LogP contribution in [0.25, 0.3) is 0 Å². The van der Waals surface area contributed by atoms with E-state index in [4.69, 9.17) is 4.74 Å². The summed E-state index contributed by atoms with van der Waals surface area (Å²) in [6.07, 6.45) is 0.635. The van der Waals surface area contributed by atoms with Crippen molar-refractivity contribution in [1.82, 2.24) is 15.1 Å². The number of hydrogen-bond donors (Lipinski definition) is 2. The van der Waals surface area contributed by atoms with Gasteiger partial charge >= 0.3 is 0 Å². The largest absolute Gasteiger partial charge is 0.493 e. The fourth-order valence-corrected chi connectivity index (χ4v) is 3.00. The summed E-state index contributed by atoms with van der Waals surface area (Å²) >= 11 is 0. The first-order valence-electron chi connectivity index (χ1n) is 8.81. The number of aliphatic imine (C=N–C) groups is 1. The number of aliphatic hydroxyl groups is 1. The van der Waals surface area contributed by atoms with E-state index in [0.29, 0.717) is 44.9 Å². The van der Waals surface area contributed by atoms with Crippen molar-refractivity contribution < 1.29 is 19.4 Å². The molecule has 2 aliphatic heterocycles. The third-order valence-corrected chi connectivity index (χ3v) is 4.57. The third-order valence-electron chi connectivity index (χ3n) is 4.57. The minimum Gasteiger partial charge on any atom is -0.493 e. The molecule has 0 radical (unpaired) electrons. The molecule has 1 fully saturated rings. The van der Waals surface area contributed by atoms with Gasteiger partial charge < -0.3 is 19.6 Å². The van der Waals surface area contributed by atoms with Crippen LogP contribution in [0.4, 0.5) is 5.69 Å². The number of benzene rings is 1. The van der Waals surface area contributed by atoms with Crippen molar-refractivity contribution in [2.75, 3.05) is 20.2 Å². The number of nitrogens with one attached hydrogen (secondary N) is 1. The van der Waals surface area contributed by atoms with E-state index in [9.17, 15) is 14.7 Å². The molecule has 1 aromatic carbocycles. The monoisotopic (exact) mass is 360 g/mol. The van der Waals surface area contributed by atoms with Gasteiger partial charge in [0.2, 0.25) is 17.8 Å². The van der Waals surface area contributed by atoms with Crippen molar-refractivity contribution >= 4 is 23.5 Å². The predicted molar refractivity (Wildman–Crippen MR) is 95.9 cm³/mol. The van der Waals surface area contributed by atoms with Crippen LogP contribution in [0.2, 0.25) is 0 Å². The maximum Gasteiger partial charge on any atom is 0.246 e. The van der Waals surface area contributed by atoms with Crippen LogP contribution in [0.5, 0.6) is 5.75 Å². The van der Waals surface area contributed by atoms with E-state index in [0.717, 1.165) is 17.0 Å². The molecule has 1 saturated heterocycles. The van der Waals surface area contributed by atoms with Gasteiger partial charge in [-0.1, -0.05) is 13.0 Å². The van der Waals surface area contributed by atoms with Crippen molar-refractivity contribution in [3.05, 3.63) is 23.8 Å². The van der Waals surface area contributed by atoms with Crippen molar-refractivity contribution in [3.8, 4) is 5.75 Å². The van der Waals surface area contributed by atoms with Gasteiger partial charge in [0.1, 0.15) is 18.5 Å². The Morgan fingerprint density at radius 3 is 3.04 bits per heavy atom. The third kappa shape index (κ3) is 3.80. The molecule has 0 aromatic heterocycles. The van der Waals surface area contributed by atoms with Gasteiger partial charge in [0, 0.05) is 19.0 Å². The first-order valence-corrected chi connectivity index (χ1v) is 8.81. The van der Waals surface area contributed by atoms with Crippen LogP contribution in [0, 0.1) is 0 Å². The summed E-state index contributed by atoms with van der Waals surface area (Å²) in [4.78, 5) is 31.2. The zero-order chi connectivity index (χ0) is 18.7. The Morgan fingerprint density at radius 2 is 2.27 bits per heavy atom. The number of aliphatic hydroxyl groups excluding tert-OH is 1. The number of amides is 2. The van der Waals surface area contributed by atoms with Gasteiger partial charge in [0.05, 0.1) is 18.8 Å². The molecule has 2 heterocycles. The molecular weight excluding hydrogens is 336 g/mol. The zero-order valence-electron chi connectivity index (χ0n) is 15.1. The van der Waals surface area contributed by atoms with E-state index < -0.39 is 6.23 Å². The average molecular weight is 360 g/mol. The summed E-state index contributed by atoms with van der Waals surface area (Å²) in [7, 11) is 1.60. The summed E-state index contributed by atoms with van der Waals surface area (Å²) in [5.41, 5.74) is 1.73. The van der Waals surface area contributed by atoms with E-state index in [-0.39, 0.29) is 11.8 Å². The second-order valence-electron chi connectivity index (χ2n) is 6.44. The number of ether oxygens (including phenoxy) is 1. The number of guanidine groups is 1. The molecular formula is C18H24N4O4. The Bertz CT molecular complexity index is 734. The molecule has 1 unspecified atom stereocenters. The molecule has 1 aromatic rings. The standard InChI is InChI=1S/C18H24N4O4/c1-3-16(24)21(2)17(25)8-5-9-26-14-7-4-6-13-12(14)10-22-11-15(23)20-18(22)19-13/h4,6-7,16,24H,3,5,8-11H2,1-2H3,(H,19,20,23). The number of carbonyl (C=O) groups excluding carboxylic acids is 2. The smallest absolute Gasteiger partial charge is 0.246 e. The van der Waals surface area contributed by atoms with Gasteiger partial charge in [0.25, 0.3) is 0 Å². The lowest BCUT2D eigenvalue weighted by Gasteiger charge is -2.25. The van der Waals surface area contributed by atoms with Crippen LogP contribution in [-0.4, -0.2) is 59.1 Å². The molecule has 2 amide bonds. The van der Waals surface area contributed by atoms with Crippen molar-refractivity contribution in [2.24, 2.45) is 4.99 Å². The Kier molecular flexibility index (Phi) is 5.41. The van der Waals surface area contributed by atoms with Crippen LogP contribution < -0.4 is 10.1 Å². The zero-order valence-corrected chi connectivity index (χ0v) is 15.1. The molecule has 0 aliphatic carbocycles. The lowest BCUT2D eigenvalue weighted by molar-refractivity contribution is -0.139. The van der Waals surface area contributed by atoms with Crippen LogP contribution in [0.3, 0.4) is 0 Å². The maximum atomic E-state index is 12.0. The van der Waals surface area contributed by atoms with Crippen LogP contribution in [0.1, 0.15) is 31.7 Å². The topological polar surface area (TPSA) is 94.5 Å². The summed E-state index contributed by atoms with van der Waals surface area (Å²) in [6.45, 7) is 3.08. The molecule has 26 heavy (non-hydrogen) atoms. The van der Waals surface area contributed by atoms with Gasteiger partial charge in [-0.05, 0) is 25.0 Å². The van der Waals surface area contributed by atoms with E-state index in [1.165, 1.54) is 4.90 Å². The molecule has 3 rings (SSSR count). The molecule has 0 saturated carbocycles. The van der Waals surface area contributed by atoms with Crippen LogP contribution in [0.15, 0.2) is 23.2 Å². The second kappa shape index (κ2) is 7.74. The minimum atomic E-state index is -0.742. The number of nitrogens with zero attached hydrogens (tertiary/aromatic N) is 3. The summed E-state index contributed by atoms with van der Waals surface area (Å²) in [6, 6.07) is 5.63.